The lowest BCUT2D eigenvalue weighted by Gasteiger charge is -2.34. The summed E-state index contributed by atoms with van der Waals surface area (Å²) in [6.07, 6.45) is 2.98. The van der Waals surface area contributed by atoms with Gasteiger partial charge in [0.2, 0.25) is 5.91 Å². The molecule has 3 atom stereocenters. The minimum absolute atomic E-state index is 0.141. The Kier molecular flexibility index (Phi) is 3.98. The first-order valence-electron chi connectivity index (χ1n) is 7.71. The Hall–Kier alpha value is -1.42. The lowest BCUT2D eigenvalue weighted by atomic mass is 9.92. The number of hydrogen-bond acceptors (Lipinski definition) is 2. The summed E-state index contributed by atoms with van der Waals surface area (Å²) in [5.74, 6) is 0.372. The molecule has 2 heterocycles. The number of hydrogen-bond donors (Lipinski definition) is 0. The van der Waals surface area contributed by atoms with Gasteiger partial charge in [-0.05, 0) is 49.9 Å². The number of rotatable bonds is 2. The van der Waals surface area contributed by atoms with E-state index in [0.717, 1.165) is 37.1 Å². The minimum Gasteiger partial charge on any atom is -0.375 e. The zero-order valence-electron chi connectivity index (χ0n) is 12.6. The van der Waals surface area contributed by atoms with E-state index >= 15 is 0 Å². The maximum atomic E-state index is 13.1. The Balaban J connectivity index is 1.63. The molecule has 2 aliphatic rings. The van der Waals surface area contributed by atoms with Crippen molar-refractivity contribution in [3.63, 3.8) is 0 Å². The molecule has 2 aliphatic heterocycles. The van der Waals surface area contributed by atoms with Crippen molar-refractivity contribution in [2.45, 2.75) is 45.3 Å². The molecule has 2 saturated heterocycles. The monoisotopic (exact) mass is 291 g/mol. The van der Waals surface area contributed by atoms with Crippen LogP contribution in [0.2, 0.25) is 0 Å². The number of piperidine rings is 1. The standard InChI is InChI=1S/C17H22FNO2/c1-11-7-15(18)4-3-13(11)9-17(20)19-6-5-16-14(10-19)8-12(2)21-16/h3-4,7,12,14,16H,5-6,8-10H2,1-2H3/t12-,14-,16-/m0/s1. The molecule has 0 spiro atoms. The molecule has 0 aromatic heterocycles. The second-order valence-electron chi connectivity index (χ2n) is 6.36. The summed E-state index contributed by atoms with van der Waals surface area (Å²) in [4.78, 5) is 14.4. The third-order valence-corrected chi connectivity index (χ3v) is 4.71. The molecule has 1 amide bonds. The second kappa shape index (κ2) is 5.76. The van der Waals surface area contributed by atoms with Crippen molar-refractivity contribution in [2.75, 3.05) is 13.1 Å². The van der Waals surface area contributed by atoms with Crippen LogP contribution in [0, 0.1) is 18.7 Å². The first-order chi connectivity index (χ1) is 10.0. The van der Waals surface area contributed by atoms with Crippen molar-refractivity contribution >= 4 is 5.91 Å². The van der Waals surface area contributed by atoms with Gasteiger partial charge in [0, 0.05) is 19.0 Å². The van der Waals surface area contributed by atoms with Crippen LogP contribution < -0.4 is 0 Å². The maximum Gasteiger partial charge on any atom is 0.227 e. The first-order valence-corrected chi connectivity index (χ1v) is 7.71. The summed E-state index contributed by atoms with van der Waals surface area (Å²) in [7, 11) is 0. The molecule has 0 aliphatic carbocycles. The highest BCUT2D eigenvalue weighted by Crippen LogP contribution is 2.32. The smallest absolute Gasteiger partial charge is 0.227 e. The van der Waals surface area contributed by atoms with Crippen LogP contribution >= 0.6 is 0 Å². The van der Waals surface area contributed by atoms with Gasteiger partial charge in [-0.1, -0.05) is 6.07 Å². The number of ether oxygens (including phenoxy) is 1. The highest BCUT2D eigenvalue weighted by atomic mass is 19.1. The van der Waals surface area contributed by atoms with E-state index in [0.29, 0.717) is 24.5 Å². The maximum absolute atomic E-state index is 13.1. The van der Waals surface area contributed by atoms with Crippen molar-refractivity contribution in [2.24, 2.45) is 5.92 Å². The minimum atomic E-state index is -0.249. The molecule has 2 fully saturated rings. The van der Waals surface area contributed by atoms with E-state index in [2.05, 4.69) is 6.92 Å². The molecule has 0 radical (unpaired) electrons. The number of carbonyl (C=O) groups excluding carboxylic acids is 1. The number of likely N-dealkylation sites (tertiary alicyclic amines) is 1. The number of benzene rings is 1. The van der Waals surface area contributed by atoms with Crippen LogP contribution in [0.15, 0.2) is 18.2 Å². The third kappa shape index (κ3) is 3.10. The van der Waals surface area contributed by atoms with Crippen LogP contribution in [-0.2, 0) is 16.0 Å². The van der Waals surface area contributed by atoms with Crippen molar-refractivity contribution in [3.05, 3.63) is 35.1 Å². The number of amides is 1. The topological polar surface area (TPSA) is 29.5 Å². The molecule has 4 heteroatoms. The van der Waals surface area contributed by atoms with E-state index in [1.165, 1.54) is 12.1 Å². The van der Waals surface area contributed by atoms with Gasteiger partial charge in [0.25, 0.3) is 0 Å². The number of aryl methyl sites for hydroxylation is 1. The quantitative estimate of drug-likeness (QED) is 0.838. The lowest BCUT2D eigenvalue weighted by molar-refractivity contribution is -0.133. The predicted molar refractivity (Wildman–Crippen MR) is 78.5 cm³/mol. The molecule has 0 N–H and O–H groups in total. The SMILES string of the molecule is Cc1cc(F)ccc1CC(=O)N1CC[C@@H]2O[C@@H](C)C[C@H]2C1. The largest absolute Gasteiger partial charge is 0.375 e. The van der Waals surface area contributed by atoms with Crippen molar-refractivity contribution in [1.29, 1.82) is 0 Å². The molecule has 1 aromatic carbocycles. The Morgan fingerprint density at radius 3 is 3.05 bits per heavy atom. The van der Waals surface area contributed by atoms with Gasteiger partial charge < -0.3 is 9.64 Å². The zero-order valence-corrected chi connectivity index (χ0v) is 12.6. The van der Waals surface area contributed by atoms with E-state index < -0.39 is 0 Å². The van der Waals surface area contributed by atoms with E-state index in [4.69, 9.17) is 4.74 Å². The van der Waals surface area contributed by atoms with Gasteiger partial charge in [-0.15, -0.1) is 0 Å². The normalized spacial score (nSPS) is 28.5. The van der Waals surface area contributed by atoms with E-state index in [9.17, 15) is 9.18 Å². The molecule has 3 nitrogen and oxygen atoms in total. The first kappa shape index (κ1) is 14.5. The van der Waals surface area contributed by atoms with Crippen molar-refractivity contribution < 1.29 is 13.9 Å². The van der Waals surface area contributed by atoms with E-state index in [-0.39, 0.29) is 11.7 Å². The van der Waals surface area contributed by atoms with Crippen molar-refractivity contribution in [3.8, 4) is 0 Å². The highest BCUT2D eigenvalue weighted by molar-refractivity contribution is 5.79. The summed E-state index contributed by atoms with van der Waals surface area (Å²) in [6, 6.07) is 4.63. The fourth-order valence-corrected chi connectivity index (χ4v) is 3.56. The molecule has 3 rings (SSSR count). The average molecular weight is 291 g/mol. The molecule has 21 heavy (non-hydrogen) atoms. The summed E-state index contributed by atoms with van der Waals surface area (Å²) in [5.41, 5.74) is 1.76. The summed E-state index contributed by atoms with van der Waals surface area (Å²) in [6.45, 7) is 5.53. The Labute approximate surface area is 125 Å². The number of fused-ring (bicyclic) bond motifs is 1. The molecule has 1 aromatic rings. The number of nitrogens with zero attached hydrogens (tertiary/aromatic N) is 1. The van der Waals surface area contributed by atoms with Crippen LogP contribution in [0.5, 0.6) is 0 Å². The van der Waals surface area contributed by atoms with Gasteiger partial charge >= 0.3 is 0 Å². The number of carbonyl (C=O) groups is 1. The van der Waals surface area contributed by atoms with Crippen LogP contribution in [0.4, 0.5) is 4.39 Å². The Morgan fingerprint density at radius 2 is 2.29 bits per heavy atom. The van der Waals surface area contributed by atoms with Crippen LogP contribution in [0.3, 0.4) is 0 Å². The second-order valence-corrected chi connectivity index (χ2v) is 6.36. The zero-order chi connectivity index (χ0) is 15.0. The van der Waals surface area contributed by atoms with Gasteiger partial charge in [0.05, 0.1) is 18.6 Å². The van der Waals surface area contributed by atoms with Gasteiger partial charge in [-0.3, -0.25) is 4.79 Å². The Morgan fingerprint density at radius 1 is 1.48 bits per heavy atom. The van der Waals surface area contributed by atoms with Gasteiger partial charge in [0.1, 0.15) is 5.82 Å². The van der Waals surface area contributed by atoms with E-state index in [1.807, 2.05) is 11.8 Å². The van der Waals surface area contributed by atoms with Crippen LogP contribution in [0.25, 0.3) is 0 Å². The van der Waals surface area contributed by atoms with Gasteiger partial charge in [-0.25, -0.2) is 4.39 Å². The van der Waals surface area contributed by atoms with Gasteiger partial charge in [-0.2, -0.15) is 0 Å². The van der Waals surface area contributed by atoms with Crippen molar-refractivity contribution in [1.82, 2.24) is 4.90 Å². The predicted octanol–water partition coefficient (Wildman–Crippen LogP) is 2.70. The summed E-state index contributed by atoms with van der Waals surface area (Å²) in [5, 5.41) is 0. The molecule has 114 valence electrons. The molecule has 0 bridgehead atoms. The average Bonchev–Trinajstić information content (AvgIpc) is 2.80. The third-order valence-electron chi connectivity index (χ3n) is 4.71. The van der Waals surface area contributed by atoms with E-state index in [1.54, 1.807) is 6.07 Å². The fraction of sp³-hybridized carbons (Fsp3) is 0.588. The Bertz CT molecular complexity index is 546. The summed E-state index contributed by atoms with van der Waals surface area (Å²) >= 11 is 0. The van der Waals surface area contributed by atoms with Crippen LogP contribution in [0.1, 0.15) is 30.9 Å². The summed E-state index contributed by atoms with van der Waals surface area (Å²) < 4.78 is 19.0. The molecular weight excluding hydrogens is 269 g/mol. The molecular formula is C17H22FNO2. The lowest BCUT2D eigenvalue weighted by Crippen LogP contribution is -2.45. The number of halogens is 1. The van der Waals surface area contributed by atoms with Gasteiger partial charge in [0.15, 0.2) is 0 Å². The fourth-order valence-electron chi connectivity index (χ4n) is 3.56. The molecule has 0 saturated carbocycles. The van der Waals surface area contributed by atoms with Crippen LogP contribution in [-0.4, -0.2) is 36.1 Å². The highest BCUT2D eigenvalue weighted by Gasteiger charge is 2.38. The molecule has 0 unspecified atom stereocenters.